The summed E-state index contributed by atoms with van der Waals surface area (Å²) >= 11 is 0. The lowest BCUT2D eigenvalue weighted by atomic mass is 10.1. The van der Waals surface area contributed by atoms with Crippen molar-refractivity contribution in [3.63, 3.8) is 0 Å². The van der Waals surface area contributed by atoms with Gasteiger partial charge in [-0.25, -0.2) is 8.42 Å². The fourth-order valence-electron chi connectivity index (χ4n) is 3.70. The number of hydrogen-bond acceptors (Lipinski definition) is 5. The van der Waals surface area contributed by atoms with Gasteiger partial charge in [-0.3, -0.25) is 9.59 Å². The summed E-state index contributed by atoms with van der Waals surface area (Å²) < 4.78 is 33.8. The van der Waals surface area contributed by atoms with Gasteiger partial charge in [0.05, 0.1) is 17.5 Å². The van der Waals surface area contributed by atoms with Crippen LogP contribution in [0.3, 0.4) is 0 Å². The Kier molecular flexibility index (Phi) is 6.63. The summed E-state index contributed by atoms with van der Waals surface area (Å²) in [6.07, 6.45) is 0. The van der Waals surface area contributed by atoms with E-state index in [1.165, 1.54) is 23.4 Å². The van der Waals surface area contributed by atoms with Crippen LogP contribution in [0.1, 0.15) is 28.4 Å². The summed E-state index contributed by atoms with van der Waals surface area (Å²) in [6, 6.07) is 22.1. The van der Waals surface area contributed by atoms with E-state index in [0.29, 0.717) is 22.4 Å². The van der Waals surface area contributed by atoms with Crippen LogP contribution in [0.25, 0.3) is 10.9 Å². The smallest absolute Gasteiger partial charge is 0.252 e. The highest BCUT2D eigenvalue weighted by atomic mass is 32.2. The van der Waals surface area contributed by atoms with Crippen molar-refractivity contribution in [3.8, 4) is 5.75 Å². The van der Waals surface area contributed by atoms with Gasteiger partial charge in [0.15, 0.2) is 5.78 Å². The Labute approximate surface area is 197 Å². The molecule has 0 aliphatic rings. The second-order valence-corrected chi connectivity index (χ2v) is 9.86. The minimum Gasteiger partial charge on any atom is -0.497 e. The van der Waals surface area contributed by atoms with Crippen LogP contribution >= 0.6 is 0 Å². The van der Waals surface area contributed by atoms with Gasteiger partial charge >= 0.3 is 0 Å². The molecule has 0 amide bonds. The standard InChI is InChI=1S/C26H24N2O5S/c1-18(29)20-9-6-10-24(14-20)34(31,32)28(16-19-7-4-3-5-8-19)17-22-13-21-11-12-23(33-2)15-25(21)27-26(22)30/h3-15H,16-17H2,1-2H3,(H,27,30). The number of hydrogen-bond donors (Lipinski definition) is 1. The number of aromatic nitrogens is 1. The van der Waals surface area contributed by atoms with Gasteiger partial charge < -0.3 is 9.72 Å². The van der Waals surface area contributed by atoms with Crippen LogP contribution in [0.2, 0.25) is 0 Å². The van der Waals surface area contributed by atoms with Gasteiger partial charge in [0.25, 0.3) is 5.56 Å². The third-order valence-corrected chi connectivity index (χ3v) is 7.34. The van der Waals surface area contributed by atoms with Crippen molar-refractivity contribution in [2.24, 2.45) is 0 Å². The van der Waals surface area contributed by atoms with Crippen LogP contribution in [-0.2, 0) is 23.1 Å². The number of nitrogens with one attached hydrogen (secondary N) is 1. The predicted molar refractivity (Wildman–Crippen MR) is 130 cm³/mol. The molecule has 4 rings (SSSR count). The molecule has 0 saturated carbocycles. The number of carbonyl (C=O) groups excluding carboxylic acids is 1. The summed E-state index contributed by atoms with van der Waals surface area (Å²) in [5.74, 6) is 0.377. The Morgan fingerprint density at radius 1 is 0.941 bits per heavy atom. The number of Topliss-reactive ketones (excluding diaryl/α,β-unsaturated/α-hetero) is 1. The zero-order valence-electron chi connectivity index (χ0n) is 18.8. The number of fused-ring (bicyclic) bond motifs is 1. The number of rotatable bonds is 8. The lowest BCUT2D eigenvalue weighted by molar-refractivity contribution is 0.101. The molecule has 3 aromatic carbocycles. The predicted octanol–water partition coefficient (Wildman–Crippen LogP) is 4.13. The summed E-state index contributed by atoms with van der Waals surface area (Å²) in [7, 11) is -2.48. The summed E-state index contributed by atoms with van der Waals surface area (Å²) in [5, 5.41) is 0.756. The molecule has 4 aromatic rings. The van der Waals surface area contributed by atoms with Crippen molar-refractivity contribution in [2.75, 3.05) is 7.11 Å². The average Bonchev–Trinajstić information content (AvgIpc) is 2.84. The highest BCUT2D eigenvalue weighted by Crippen LogP contribution is 2.23. The lowest BCUT2D eigenvalue weighted by Crippen LogP contribution is -2.32. The van der Waals surface area contributed by atoms with Gasteiger partial charge in [0, 0.05) is 30.3 Å². The number of sulfonamides is 1. The Bertz CT molecular complexity index is 1510. The second kappa shape index (κ2) is 9.62. The van der Waals surface area contributed by atoms with E-state index in [4.69, 9.17) is 4.74 Å². The number of ketones is 1. The number of H-pyrrole nitrogens is 1. The minimum atomic E-state index is -4.03. The summed E-state index contributed by atoms with van der Waals surface area (Å²) in [6.45, 7) is 1.31. The zero-order chi connectivity index (χ0) is 24.3. The van der Waals surface area contributed by atoms with Crippen LogP contribution < -0.4 is 10.3 Å². The Hall–Kier alpha value is -3.75. The van der Waals surface area contributed by atoms with E-state index in [0.717, 1.165) is 10.9 Å². The SMILES string of the molecule is COc1ccc2cc(CN(Cc3ccccc3)S(=O)(=O)c3cccc(C(C)=O)c3)c(=O)[nH]c2c1. The Balaban J connectivity index is 1.78. The van der Waals surface area contributed by atoms with E-state index in [1.807, 2.05) is 30.3 Å². The van der Waals surface area contributed by atoms with Gasteiger partial charge in [-0.2, -0.15) is 4.31 Å². The monoisotopic (exact) mass is 476 g/mol. The van der Waals surface area contributed by atoms with Crippen LogP contribution in [0.5, 0.6) is 5.75 Å². The molecule has 174 valence electrons. The third kappa shape index (κ3) is 4.93. The number of methoxy groups -OCH3 is 1. The molecule has 1 heterocycles. The number of pyridine rings is 1. The normalized spacial score (nSPS) is 11.6. The molecule has 0 unspecified atom stereocenters. The zero-order valence-corrected chi connectivity index (χ0v) is 19.6. The maximum atomic E-state index is 13.7. The molecule has 8 heteroatoms. The maximum Gasteiger partial charge on any atom is 0.252 e. The van der Waals surface area contributed by atoms with Crippen LogP contribution in [0.15, 0.2) is 88.6 Å². The molecule has 0 spiro atoms. The number of ether oxygens (including phenoxy) is 1. The van der Waals surface area contributed by atoms with Crippen LogP contribution in [0, 0.1) is 0 Å². The number of aromatic amines is 1. The van der Waals surface area contributed by atoms with Crippen molar-refractivity contribution >= 4 is 26.7 Å². The minimum absolute atomic E-state index is 0.00177. The summed E-state index contributed by atoms with van der Waals surface area (Å²) in [5.41, 5.74) is 1.60. The highest BCUT2D eigenvalue weighted by Gasteiger charge is 2.26. The molecule has 1 aromatic heterocycles. The molecule has 0 bridgehead atoms. The molecule has 0 aliphatic carbocycles. The van der Waals surface area contributed by atoms with Crippen molar-refractivity contribution < 1.29 is 17.9 Å². The summed E-state index contributed by atoms with van der Waals surface area (Å²) in [4.78, 5) is 27.5. The fraction of sp³-hybridized carbons (Fsp3) is 0.154. The molecule has 1 N–H and O–H groups in total. The average molecular weight is 477 g/mol. The molecule has 7 nitrogen and oxygen atoms in total. The van der Waals surface area contributed by atoms with E-state index in [-0.39, 0.29) is 29.3 Å². The van der Waals surface area contributed by atoms with Crippen molar-refractivity contribution in [3.05, 3.63) is 106 Å². The molecular weight excluding hydrogens is 452 g/mol. The quantitative estimate of drug-likeness (QED) is 0.386. The first kappa shape index (κ1) is 23.4. The van der Waals surface area contributed by atoms with Crippen LogP contribution in [0.4, 0.5) is 0 Å². The second-order valence-electron chi connectivity index (χ2n) is 7.92. The third-order valence-electron chi connectivity index (χ3n) is 5.56. The fourth-order valence-corrected chi connectivity index (χ4v) is 5.15. The number of carbonyl (C=O) groups is 1. The number of benzene rings is 3. The molecule has 0 radical (unpaired) electrons. The largest absolute Gasteiger partial charge is 0.497 e. The van der Waals surface area contributed by atoms with Crippen molar-refractivity contribution in [1.29, 1.82) is 0 Å². The Morgan fingerprint density at radius 2 is 1.71 bits per heavy atom. The molecule has 0 atom stereocenters. The van der Waals surface area contributed by atoms with Crippen LogP contribution in [-0.4, -0.2) is 30.6 Å². The first-order valence-corrected chi connectivity index (χ1v) is 12.1. The van der Waals surface area contributed by atoms with Crippen molar-refractivity contribution in [1.82, 2.24) is 9.29 Å². The van der Waals surface area contributed by atoms with E-state index >= 15 is 0 Å². The van der Waals surface area contributed by atoms with Crippen molar-refractivity contribution in [2.45, 2.75) is 24.9 Å². The van der Waals surface area contributed by atoms with E-state index in [2.05, 4.69) is 4.98 Å². The van der Waals surface area contributed by atoms with E-state index in [9.17, 15) is 18.0 Å². The lowest BCUT2D eigenvalue weighted by Gasteiger charge is -2.23. The molecule has 0 fully saturated rings. The highest BCUT2D eigenvalue weighted by molar-refractivity contribution is 7.89. The topological polar surface area (TPSA) is 96.5 Å². The molecule has 0 aliphatic heterocycles. The van der Waals surface area contributed by atoms with Gasteiger partial charge in [-0.15, -0.1) is 0 Å². The van der Waals surface area contributed by atoms with E-state index < -0.39 is 10.0 Å². The first-order valence-electron chi connectivity index (χ1n) is 10.6. The van der Waals surface area contributed by atoms with Gasteiger partial charge in [-0.1, -0.05) is 42.5 Å². The van der Waals surface area contributed by atoms with Gasteiger partial charge in [0.2, 0.25) is 10.0 Å². The maximum absolute atomic E-state index is 13.7. The van der Waals surface area contributed by atoms with Gasteiger partial charge in [-0.05, 0) is 48.2 Å². The van der Waals surface area contributed by atoms with Gasteiger partial charge in [0.1, 0.15) is 5.75 Å². The number of nitrogens with zero attached hydrogens (tertiary/aromatic N) is 1. The molecular formula is C26H24N2O5S. The first-order chi connectivity index (χ1) is 16.3. The Morgan fingerprint density at radius 3 is 2.41 bits per heavy atom. The van der Waals surface area contributed by atoms with E-state index in [1.54, 1.807) is 43.5 Å². The molecule has 0 saturated heterocycles. The molecule has 34 heavy (non-hydrogen) atoms.